The summed E-state index contributed by atoms with van der Waals surface area (Å²) in [7, 11) is 0. The Morgan fingerprint density at radius 3 is 2.70 bits per heavy atom. The Balaban J connectivity index is 1.17. The maximum atomic E-state index is 11.3. The average Bonchev–Trinajstić information content (AvgIpc) is 3.49. The molecule has 4 aromatic rings. The van der Waals surface area contributed by atoms with Crippen molar-refractivity contribution in [2.24, 2.45) is 0 Å². The number of nitrogens with zero attached hydrogens (tertiary/aromatic N) is 3. The third kappa shape index (κ3) is 4.83. The fourth-order valence-corrected chi connectivity index (χ4v) is 6.69. The maximum absolute atomic E-state index is 11.3. The fraction of sp³-hybridized carbons (Fsp3) is 0.370. The van der Waals surface area contributed by atoms with E-state index < -0.39 is 5.97 Å². The first-order valence-electron chi connectivity index (χ1n) is 12.3. The summed E-state index contributed by atoms with van der Waals surface area (Å²) in [5.74, 6) is 0.329. The van der Waals surface area contributed by atoms with E-state index in [0.29, 0.717) is 33.8 Å². The lowest BCUT2D eigenvalue weighted by molar-refractivity contribution is 0.0175. The molecule has 2 aromatic heterocycles. The Labute approximate surface area is 227 Å². The zero-order valence-corrected chi connectivity index (χ0v) is 22.4. The molecular weight excluding hydrogens is 533 g/mol. The zero-order chi connectivity index (χ0) is 25.7. The minimum absolute atomic E-state index is 0.0794. The van der Waals surface area contributed by atoms with Gasteiger partial charge in [0, 0.05) is 29.6 Å². The molecule has 0 bridgehead atoms. The van der Waals surface area contributed by atoms with Crippen molar-refractivity contribution < 1.29 is 19.2 Å². The van der Waals surface area contributed by atoms with Gasteiger partial charge in [0.05, 0.1) is 38.5 Å². The topological polar surface area (TPSA) is 88.7 Å². The monoisotopic (exact) mass is 557 g/mol. The Morgan fingerprint density at radius 2 is 2.00 bits per heavy atom. The fourth-order valence-electron chi connectivity index (χ4n) is 4.98. The molecule has 192 valence electrons. The quantitative estimate of drug-likeness (QED) is 0.253. The first-order chi connectivity index (χ1) is 17.9. The summed E-state index contributed by atoms with van der Waals surface area (Å²) in [5, 5.41) is 15.6. The lowest BCUT2D eigenvalue weighted by Crippen LogP contribution is -2.43. The molecule has 1 aliphatic heterocycles. The number of hydrogen-bond donors (Lipinski definition) is 1. The number of anilines is 1. The van der Waals surface area contributed by atoms with Crippen LogP contribution in [0.1, 0.15) is 60.2 Å². The Bertz CT molecular complexity index is 1460. The second-order valence-electron chi connectivity index (χ2n) is 9.73. The van der Waals surface area contributed by atoms with Crippen LogP contribution in [0.2, 0.25) is 10.0 Å². The van der Waals surface area contributed by atoms with Gasteiger partial charge < -0.3 is 19.3 Å². The summed E-state index contributed by atoms with van der Waals surface area (Å²) in [6, 6.07) is 10.7. The van der Waals surface area contributed by atoms with E-state index in [1.807, 2.05) is 6.07 Å². The molecule has 2 atom stereocenters. The van der Waals surface area contributed by atoms with Crippen LogP contribution in [0, 0.1) is 0 Å². The smallest absolute Gasteiger partial charge is 0.335 e. The summed E-state index contributed by atoms with van der Waals surface area (Å²) < 4.78 is 13.1. The van der Waals surface area contributed by atoms with Gasteiger partial charge in [-0.25, -0.2) is 9.78 Å². The number of rotatable bonds is 7. The molecule has 0 spiro atoms. The number of thiazole rings is 1. The minimum atomic E-state index is -0.930. The number of aromatic carboxylic acids is 1. The number of piperidine rings is 1. The normalized spacial score (nSPS) is 20.0. The van der Waals surface area contributed by atoms with E-state index in [1.54, 1.807) is 30.3 Å². The van der Waals surface area contributed by atoms with Crippen molar-refractivity contribution in [2.45, 2.75) is 57.3 Å². The molecule has 7 nitrogen and oxygen atoms in total. The van der Waals surface area contributed by atoms with Crippen molar-refractivity contribution in [2.75, 3.05) is 11.4 Å². The number of aromatic nitrogens is 2. The van der Waals surface area contributed by atoms with Crippen LogP contribution >= 0.6 is 34.5 Å². The van der Waals surface area contributed by atoms with Crippen LogP contribution in [0.3, 0.4) is 0 Å². The molecule has 2 aliphatic rings. The molecule has 0 unspecified atom stereocenters. The van der Waals surface area contributed by atoms with Crippen LogP contribution in [-0.2, 0) is 11.3 Å². The number of hydrogen-bond acceptors (Lipinski definition) is 7. The first-order valence-corrected chi connectivity index (χ1v) is 13.9. The lowest BCUT2D eigenvalue weighted by atomic mass is 10.0. The van der Waals surface area contributed by atoms with Gasteiger partial charge in [-0.15, -0.1) is 0 Å². The number of carbonyl (C=O) groups is 1. The number of ether oxygens (including phenoxy) is 1. The first kappa shape index (κ1) is 24.7. The second-order valence-corrected chi connectivity index (χ2v) is 11.6. The lowest BCUT2D eigenvalue weighted by Gasteiger charge is -2.37. The van der Waals surface area contributed by atoms with E-state index in [-0.39, 0.29) is 17.7 Å². The van der Waals surface area contributed by atoms with Crippen molar-refractivity contribution >= 4 is 55.9 Å². The van der Waals surface area contributed by atoms with Crippen LogP contribution in [0.25, 0.3) is 21.5 Å². The summed E-state index contributed by atoms with van der Waals surface area (Å²) in [4.78, 5) is 18.4. The SMILES string of the molecule is C[C@@H]1C[C@H](OCc2c(-c3c(Cl)cccc3Cl)noc2C2CC2)CCN1c1nc2ccc(C(=O)O)cc2s1. The highest BCUT2D eigenvalue weighted by Gasteiger charge is 2.35. The van der Waals surface area contributed by atoms with Crippen LogP contribution < -0.4 is 4.90 Å². The van der Waals surface area contributed by atoms with E-state index in [1.165, 1.54) is 11.3 Å². The molecule has 2 aromatic carbocycles. The largest absolute Gasteiger partial charge is 0.478 e. The molecule has 1 N–H and O–H groups in total. The van der Waals surface area contributed by atoms with Gasteiger partial charge in [0.25, 0.3) is 0 Å². The molecule has 0 amide bonds. The Kier molecular flexibility index (Phi) is 6.61. The Hall–Kier alpha value is -2.65. The van der Waals surface area contributed by atoms with Gasteiger partial charge in [-0.3, -0.25) is 0 Å². The molecule has 2 fully saturated rings. The van der Waals surface area contributed by atoms with E-state index in [4.69, 9.17) is 37.4 Å². The zero-order valence-electron chi connectivity index (χ0n) is 20.1. The molecular formula is C27H25Cl2N3O4S. The molecule has 0 radical (unpaired) electrons. The van der Waals surface area contributed by atoms with Gasteiger partial charge in [-0.2, -0.15) is 0 Å². The summed E-state index contributed by atoms with van der Waals surface area (Å²) in [5.41, 5.74) is 3.39. The van der Waals surface area contributed by atoms with Crippen LogP contribution in [0.4, 0.5) is 5.13 Å². The van der Waals surface area contributed by atoms with Crippen molar-refractivity contribution in [1.29, 1.82) is 0 Å². The molecule has 1 aliphatic carbocycles. The van der Waals surface area contributed by atoms with Crippen LogP contribution in [0.5, 0.6) is 0 Å². The predicted octanol–water partition coefficient (Wildman–Crippen LogP) is 7.41. The van der Waals surface area contributed by atoms with E-state index in [2.05, 4.69) is 17.0 Å². The Morgan fingerprint density at radius 1 is 1.22 bits per heavy atom. The number of carboxylic acid groups (broad SMARTS) is 1. The molecule has 37 heavy (non-hydrogen) atoms. The van der Waals surface area contributed by atoms with Crippen molar-refractivity contribution in [1.82, 2.24) is 10.1 Å². The molecule has 10 heteroatoms. The predicted molar refractivity (Wildman–Crippen MR) is 145 cm³/mol. The third-order valence-electron chi connectivity index (χ3n) is 7.13. The van der Waals surface area contributed by atoms with Gasteiger partial charge in [0.2, 0.25) is 0 Å². The van der Waals surface area contributed by atoms with Gasteiger partial charge in [0.1, 0.15) is 11.5 Å². The number of fused-ring (bicyclic) bond motifs is 1. The average molecular weight is 558 g/mol. The highest BCUT2D eigenvalue weighted by molar-refractivity contribution is 7.22. The van der Waals surface area contributed by atoms with Crippen LogP contribution in [-0.4, -0.2) is 39.9 Å². The third-order valence-corrected chi connectivity index (χ3v) is 8.81. The second kappa shape index (κ2) is 9.91. The molecule has 1 saturated carbocycles. The molecule has 6 rings (SSSR count). The van der Waals surface area contributed by atoms with E-state index in [9.17, 15) is 9.90 Å². The van der Waals surface area contributed by atoms with Crippen LogP contribution in [0.15, 0.2) is 40.9 Å². The van der Waals surface area contributed by atoms with Crippen molar-refractivity contribution in [3.63, 3.8) is 0 Å². The maximum Gasteiger partial charge on any atom is 0.335 e. The van der Waals surface area contributed by atoms with Crippen molar-refractivity contribution in [3.05, 3.63) is 63.3 Å². The molecule has 3 heterocycles. The summed E-state index contributed by atoms with van der Waals surface area (Å²) >= 11 is 14.5. The van der Waals surface area contributed by atoms with E-state index in [0.717, 1.165) is 58.9 Å². The number of benzene rings is 2. The molecule has 1 saturated heterocycles. The number of halogens is 2. The number of carboxylic acids is 1. The van der Waals surface area contributed by atoms with Gasteiger partial charge in [0.15, 0.2) is 5.13 Å². The summed E-state index contributed by atoms with van der Waals surface area (Å²) in [6.45, 7) is 3.37. The van der Waals surface area contributed by atoms with Gasteiger partial charge in [-0.1, -0.05) is 45.8 Å². The standard InChI is InChI=1S/C27H25Cl2N3O4S/c1-14-11-17(9-10-32(14)27-30-21-8-7-16(26(33)34)12-22(21)37-27)35-13-18-24(31-36-25(18)15-5-6-15)23-19(28)3-2-4-20(23)29/h2-4,7-8,12,14-15,17H,5-6,9-11,13H2,1H3,(H,33,34)/t14-,17-/m1/s1. The summed E-state index contributed by atoms with van der Waals surface area (Å²) in [6.07, 6.45) is 3.96. The van der Waals surface area contributed by atoms with Crippen molar-refractivity contribution in [3.8, 4) is 11.3 Å². The minimum Gasteiger partial charge on any atom is -0.478 e. The highest BCUT2D eigenvalue weighted by atomic mass is 35.5. The van der Waals surface area contributed by atoms with E-state index >= 15 is 0 Å². The van der Waals surface area contributed by atoms with Gasteiger partial charge >= 0.3 is 5.97 Å². The highest BCUT2D eigenvalue weighted by Crippen LogP contribution is 2.46. The van der Waals surface area contributed by atoms with Gasteiger partial charge in [-0.05, 0) is 62.9 Å².